The lowest BCUT2D eigenvalue weighted by Gasteiger charge is -2.30. The van der Waals surface area contributed by atoms with Gasteiger partial charge < -0.3 is 30.4 Å². The van der Waals surface area contributed by atoms with E-state index in [1.165, 1.54) is 13.2 Å². The number of imidazole rings is 1. The minimum absolute atomic E-state index is 0.00392. The number of aromatic nitrogens is 3. The van der Waals surface area contributed by atoms with Gasteiger partial charge in [-0.25, -0.2) is 8.78 Å². The summed E-state index contributed by atoms with van der Waals surface area (Å²) in [5.41, 5.74) is 0.782. The molecule has 2 amide bonds. The van der Waals surface area contributed by atoms with E-state index < -0.39 is 43.0 Å². The number of benzene rings is 1. The molecule has 43 heavy (non-hydrogen) atoms. The van der Waals surface area contributed by atoms with Crippen LogP contribution >= 0.6 is 23.2 Å². The van der Waals surface area contributed by atoms with Crippen LogP contribution in [-0.4, -0.2) is 65.7 Å². The van der Waals surface area contributed by atoms with E-state index in [4.69, 9.17) is 32.7 Å². The first-order chi connectivity index (χ1) is 20.3. The Morgan fingerprint density at radius 3 is 2.51 bits per heavy atom. The van der Waals surface area contributed by atoms with Crippen molar-refractivity contribution >= 4 is 57.8 Å². The third kappa shape index (κ3) is 8.36. The first kappa shape index (κ1) is 32.5. The Kier molecular flexibility index (Phi) is 10.5. The molecule has 0 spiro atoms. The van der Waals surface area contributed by atoms with Crippen molar-refractivity contribution in [1.82, 2.24) is 25.6 Å². The maximum Gasteiger partial charge on any atom is 0.391 e. The predicted molar refractivity (Wildman–Crippen MR) is 148 cm³/mol. The number of carbonyl (C=O) groups excluding carboxylic acids is 2. The SMILES string of the molecule is COCC(=O)NCc1ccc(Cl)c(Nc2nc3nc(OCC(F)F)c(C(=O)N[C@H]4CC[C@H](C(F)(F)F)CC4)cc3[nH]2)c1Cl. The summed E-state index contributed by atoms with van der Waals surface area (Å²) in [5.74, 6) is -2.87. The molecule has 4 N–H and O–H groups in total. The molecule has 0 radical (unpaired) electrons. The number of nitrogens with zero attached hydrogens (tertiary/aromatic N) is 2. The van der Waals surface area contributed by atoms with Gasteiger partial charge >= 0.3 is 6.18 Å². The number of rotatable bonds is 11. The smallest absolute Gasteiger partial charge is 0.391 e. The van der Waals surface area contributed by atoms with E-state index in [0.717, 1.165) is 0 Å². The molecule has 1 aliphatic rings. The van der Waals surface area contributed by atoms with Gasteiger partial charge in [0.1, 0.15) is 12.2 Å². The molecule has 1 saturated carbocycles. The first-order valence-electron chi connectivity index (χ1n) is 13.0. The van der Waals surface area contributed by atoms with Crippen molar-refractivity contribution in [3.63, 3.8) is 0 Å². The minimum atomic E-state index is -4.30. The fourth-order valence-electron chi connectivity index (χ4n) is 4.57. The second kappa shape index (κ2) is 13.9. The van der Waals surface area contributed by atoms with Crippen molar-refractivity contribution in [3.8, 4) is 5.88 Å². The second-order valence-corrected chi connectivity index (χ2v) is 10.6. The van der Waals surface area contributed by atoms with Crippen LogP contribution in [0.4, 0.5) is 33.6 Å². The van der Waals surface area contributed by atoms with Crippen LogP contribution in [0.1, 0.15) is 41.6 Å². The normalized spacial score (nSPS) is 17.2. The van der Waals surface area contributed by atoms with Gasteiger partial charge in [-0.3, -0.25) is 9.59 Å². The average Bonchev–Trinajstić information content (AvgIpc) is 3.34. The highest BCUT2D eigenvalue weighted by Crippen LogP contribution is 2.38. The third-order valence-electron chi connectivity index (χ3n) is 6.72. The van der Waals surface area contributed by atoms with Crippen LogP contribution in [0.3, 0.4) is 0 Å². The summed E-state index contributed by atoms with van der Waals surface area (Å²) in [5, 5.41) is 8.62. The molecule has 2 heterocycles. The summed E-state index contributed by atoms with van der Waals surface area (Å²) < 4.78 is 74.8. The summed E-state index contributed by atoms with van der Waals surface area (Å²) in [7, 11) is 1.38. The zero-order valence-electron chi connectivity index (χ0n) is 22.6. The van der Waals surface area contributed by atoms with E-state index in [-0.39, 0.29) is 83.2 Å². The number of halogens is 7. The molecule has 0 aliphatic heterocycles. The number of anilines is 2. The van der Waals surface area contributed by atoms with E-state index >= 15 is 0 Å². The number of H-pyrrole nitrogens is 1. The van der Waals surface area contributed by atoms with Crippen LogP contribution in [0, 0.1) is 5.92 Å². The number of ether oxygens (including phenoxy) is 2. The molecular weight excluding hydrogens is 626 g/mol. The van der Waals surface area contributed by atoms with Gasteiger partial charge in [0.15, 0.2) is 12.3 Å². The van der Waals surface area contributed by atoms with E-state index in [1.807, 2.05) is 0 Å². The third-order valence-corrected chi connectivity index (χ3v) is 7.47. The zero-order valence-corrected chi connectivity index (χ0v) is 24.1. The van der Waals surface area contributed by atoms with Crippen LogP contribution in [0.15, 0.2) is 18.2 Å². The summed E-state index contributed by atoms with van der Waals surface area (Å²) in [4.78, 5) is 36.2. The quantitative estimate of drug-likeness (QED) is 0.194. The summed E-state index contributed by atoms with van der Waals surface area (Å²) in [6, 6.07) is 3.92. The fourth-order valence-corrected chi connectivity index (χ4v) is 5.10. The number of fused-ring (bicyclic) bond motifs is 1. The summed E-state index contributed by atoms with van der Waals surface area (Å²) >= 11 is 12.9. The van der Waals surface area contributed by atoms with E-state index in [2.05, 4.69) is 30.9 Å². The maximum atomic E-state index is 13.1. The van der Waals surface area contributed by atoms with Crippen molar-refractivity contribution in [2.45, 2.75) is 50.9 Å². The Bertz CT molecular complexity index is 1460. The lowest BCUT2D eigenvalue weighted by molar-refractivity contribution is -0.182. The molecule has 1 aliphatic carbocycles. The van der Waals surface area contributed by atoms with Gasteiger partial charge in [-0.05, 0) is 43.4 Å². The zero-order chi connectivity index (χ0) is 31.3. The van der Waals surface area contributed by atoms with Crippen LogP contribution in [0.5, 0.6) is 5.88 Å². The van der Waals surface area contributed by atoms with Gasteiger partial charge in [-0.2, -0.15) is 23.1 Å². The fraction of sp³-hybridized carbons (Fsp3) is 0.462. The molecule has 1 aromatic carbocycles. The molecule has 17 heteroatoms. The number of aromatic amines is 1. The van der Waals surface area contributed by atoms with Crippen LogP contribution in [0.2, 0.25) is 10.0 Å². The Morgan fingerprint density at radius 1 is 1.14 bits per heavy atom. The lowest BCUT2D eigenvalue weighted by Crippen LogP contribution is -2.40. The molecule has 4 rings (SSSR count). The molecule has 1 fully saturated rings. The topological polar surface area (TPSA) is 130 Å². The van der Waals surface area contributed by atoms with E-state index in [1.54, 1.807) is 12.1 Å². The highest BCUT2D eigenvalue weighted by Gasteiger charge is 2.41. The number of hydrogen-bond acceptors (Lipinski definition) is 7. The van der Waals surface area contributed by atoms with Crippen molar-refractivity contribution < 1.29 is 41.0 Å². The Morgan fingerprint density at radius 2 is 1.86 bits per heavy atom. The van der Waals surface area contributed by atoms with Gasteiger partial charge in [0, 0.05) is 19.7 Å². The monoisotopic (exact) mass is 652 g/mol. The van der Waals surface area contributed by atoms with Gasteiger partial charge in [-0.15, -0.1) is 0 Å². The largest absolute Gasteiger partial charge is 0.471 e. The van der Waals surface area contributed by atoms with Crippen molar-refractivity contribution in [2.24, 2.45) is 5.92 Å². The molecule has 10 nitrogen and oxygen atoms in total. The minimum Gasteiger partial charge on any atom is -0.471 e. The number of pyridine rings is 1. The van der Waals surface area contributed by atoms with Gasteiger partial charge in [0.05, 0.1) is 27.2 Å². The maximum absolute atomic E-state index is 13.1. The molecule has 0 atom stereocenters. The molecule has 0 bridgehead atoms. The van der Waals surface area contributed by atoms with Crippen LogP contribution in [-0.2, 0) is 16.1 Å². The number of methoxy groups -OCH3 is 1. The highest BCUT2D eigenvalue weighted by atomic mass is 35.5. The molecule has 234 valence electrons. The second-order valence-electron chi connectivity index (χ2n) is 9.79. The number of amides is 2. The average molecular weight is 653 g/mol. The highest BCUT2D eigenvalue weighted by molar-refractivity contribution is 6.39. The Hall–Kier alpha value is -3.43. The number of carbonyl (C=O) groups is 2. The van der Waals surface area contributed by atoms with Gasteiger partial charge in [-0.1, -0.05) is 29.3 Å². The van der Waals surface area contributed by atoms with Crippen molar-refractivity contribution in [1.29, 1.82) is 0 Å². The molecular formula is C26H27Cl2F5N6O4. The van der Waals surface area contributed by atoms with Crippen LogP contribution < -0.4 is 20.7 Å². The number of alkyl halides is 5. The van der Waals surface area contributed by atoms with E-state index in [0.29, 0.717) is 5.56 Å². The molecule has 0 saturated heterocycles. The Labute approximate surface area is 252 Å². The van der Waals surface area contributed by atoms with Gasteiger partial charge in [0.25, 0.3) is 12.3 Å². The molecule has 2 aromatic heterocycles. The number of nitrogens with one attached hydrogen (secondary N) is 4. The van der Waals surface area contributed by atoms with E-state index in [9.17, 15) is 31.5 Å². The molecule has 0 unspecified atom stereocenters. The lowest BCUT2D eigenvalue weighted by atomic mass is 9.85. The van der Waals surface area contributed by atoms with Crippen molar-refractivity contribution in [2.75, 3.05) is 25.6 Å². The molecule has 3 aromatic rings. The standard InChI is InChI=1S/C26H27Cl2F5N6O4/c1-42-11-19(40)34-9-12-2-7-16(27)21(20(12)28)37-25-36-17-8-15(24(38-22(17)39-25)43-10-18(29)30)23(41)35-14-5-3-13(4-6-14)26(31,32)33/h2,7-8,13-14,18H,3-6,9-11H2,1H3,(H,34,40)(H,35,41)(H2,36,37,38,39)/t13-,14-. The first-order valence-corrected chi connectivity index (χ1v) is 13.8. The predicted octanol–water partition coefficient (Wildman–Crippen LogP) is 5.77. The van der Waals surface area contributed by atoms with Gasteiger partial charge in [0.2, 0.25) is 17.7 Å². The van der Waals surface area contributed by atoms with Crippen molar-refractivity contribution in [3.05, 3.63) is 39.4 Å². The Balaban J connectivity index is 1.56. The van der Waals surface area contributed by atoms with Crippen LogP contribution in [0.25, 0.3) is 11.2 Å². The summed E-state index contributed by atoms with van der Waals surface area (Å²) in [6.07, 6.45) is -7.23. The number of hydrogen-bond donors (Lipinski definition) is 4. The summed E-state index contributed by atoms with van der Waals surface area (Å²) in [6.45, 7) is -1.11.